The summed E-state index contributed by atoms with van der Waals surface area (Å²) in [6.45, 7) is 0.0106. The summed E-state index contributed by atoms with van der Waals surface area (Å²) in [4.78, 5) is 10.1. The second-order valence-electron chi connectivity index (χ2n) is 3.08. The van der Waals surface area contributed by atoms with E-state index in [1.54, 1.807) is 6.07 Å². The minimum atomic E-state index is 0.0106. The highest BCUT2D eigenvalue weighted by Crippen LogP contribution is 2.28. The number of phenolic OH excluding ortho intramolecular Hbond substituents is 1. The molecule has 3 nitrogen and oxygen atoms in total. The average Bonchev–Trinajstić information content (AvgIpc) is 2.23. The van der Waals surface area contributed by atoms with Crippen LogP contribution in [0.2, 0.25) is 0 Å². The molecule has 0 aliphatic carbocycles. The smallest absolute Gasteiger partial charge is 0.128 e. The molecule has 2 rings (SSSR count). The van der Waals surface area contributed by atoms with Gasteiger partial charge in [-0.3, -0.25) is 0 Å². The van der Waals surface area contributed by atoms with Crippen molar-refractivity contribution in [2.75, 3.05) is 0 Å². The summed E-state index contributed by atoms with van der Waals surface area (Å²) in [6.07, 6.45) is 0. The molecule has 0 unspecified atom stereocenters. The Labute approximate surface area is 81.0 Å². The van der Waals surface area contributed by atoms with E-state index >= 15 is 0 Å². The lowest BCUT2D eigenvalue weighted by Crippen LogP contribution is -1.83. The third kappa shape index (κ3) is 1.33. The minimum absolute atomic E-state index is 0.0106. The second-order valence-corrected chi connectivity index (χ2v) is 3.08. The fraction of sp³-hybridized carbons (Fsp3) is 0.0909. The Morgan fingerprint density at radius 2 is 1.93 bits per heavy atom. The number of nitrogens with zero attached hydrogens (tertiary/aromatic N) is 1. The Hall–Kier alpha value is -1.90. The molecule has 0 bridgehead atoms. The van der Waals surface area contributed by atoms with Crippen molar-refractivity contribution in [1.82, 2.24) is 0 Å². The van der Waals surface area contributed by atoms with Crippen molar-refractivity contribution in [3.8, 4) is 5.75 Å². The van der Waals surface area contributed by atoms with Gasteiger partial charge < -0.3 is 5.11 Å². The third-order valence-electron chi connectivity index (χ3n) is 2.22. The van der Waals surface area contributed by atoms with Gasteiger partial charge in [0.15, 0.2) is 0 Å². The van der Waals surface area contributed by atoms with Crippen LogP contribution in [-0.4, -0.2) is 5.11 Å². The molecule has 0 radical (unpaired) electrons. The summed E-state index contributed by atoms with van der Waals surface area (Å²) in [7, 11) is 0. The van der Waals surface area contributed by atoms with Crippen molar-refractivity contribution < 1.29 is 5.11 Å². The van der Waals surface area contributed by atoms with Crippen LogP contribution in [0.25, 0.3) is 10.8 Å². The first kappa shape index (κ1) is 8.69. The summed E-state index contributed by atoms with van der Waals surface area (Å²) in [5.41, 5.74) is 0.568. The monoisotopic (exact) mass is 187 g/mol. The van der Waals surface area contributed by atoms with E-state index in [0.717, 1.165) is 10.8 Å². The SMILES string of the molecule is O=NCc1ccc2ccccc2c1O. The number of fused-ring (bicyclic) bond motifs is 1. The first-order chi connectivity index (χ1) is 6.83. The third-order valence-corrected chi connectivity index (χ3v) is 2.22. The maximum Gasteiger partial charge on any atom is 0.128 e. The fourth-order valence-electron chi connectivity index (χ4n) is 1.50. The van der Waals surface area contributed by atoms with E-state index in [9.17, 15) is 10.0 Å². The van der Waals surface area contributed by atoms with Gasteiger partial charge in [0.05, 0.1) is 0 Å². The molecule has 2 aromatic carbocycles. The van der Waals surface area contributed by atoms with E-state index < -0.39 is 0 Å². The number of phenols is 1. The molecule has 0 aromatic heterocycles. The lowest BCUT2D eigenvalue weighted by atomic mass is 10.1. The van der Waals surface area contributed by atoms with Crippen LogP contribution in [-0.2, 0) is 6.54 Å². The molecular weight excluding hydrogens is 178 g/mol. The maximum absolute atomic E-state index is 10.1. The molecular formula is C11H9NO2. The zero-order valence-corrected chi connectivity index (χ0v) is 7.47. The number of benzene rings is 2. The number of hydrogen-bond acceptors (Lipinski definition) is 3. The van der Waals surface area contributed by atoms with Gasteiger partial charge in [0.2, 0.25) is 0 Å². The normalized spacial score (nSPS) is 10.3. The Kier molecular flexibility index (Phi) is 2.14. The molecule has 0 spiro atoms. The van der Waals surface area contributed by atoms with Crippen LogP contribution < -0.4 is 0 Å². The van der Waals surface area contributed by atoms with Gasteiger partial charge in [-0.15, -0.1) is 0 Å². The van der Waals surface area contributed by atoms with Crippen LogP contribution in [0, 0.1) is 4.91 Å². The van der Waals surface area contributed by atoms with Gasteiger partial charge in [0.1, 0.15) is 12.3 Å². The number of hydrogen-bond donors (Lipinski definition) is 1. The molecule has 14 heavy (non-hydrogen) atoms. The van der Waals surface area contributed by atoms with Crippen LogP contribution >= 0.6 is 0 Å². The second kappa shape index (κ2) is 3.46. The number of aromatic hydroxyl groups is 1. The van der Waals surface area contributed by atoms with Gasteiger partial charge in [-0.2, -0.15) is 4.91 Å². The van der Waals surface area contributed by atoms with Gasteiger partial charge in [-0.05, 0) is 5.39 Å². The van der Waals surface area contributed by atoms with Crippen LogP contribution in [0.1, 0.15) is 5.56 Å². The van der Waals surface area contributed by atoms with E-state index in [4.69, 9.17) is 0 Å². The highest BCUT2D eigenvalue weighted by molar-refractivity contribution is 5.89. The Morgan fingerprint density at radius 3 is 2.71 bits per heavy atom. The first-order valence-electron chi connectivity index (χ1n) is 4.31. The molecule has 2 aromatic rings. The minimum Gasteiger partial charge on any atom is -0.507 e. The van der Waals surface area contributed by atoms with Crippen molar-refractivity contribution in [3.05, 3.63) is 46.9 Å². The van der Waals surface area contributed by atoms with Crippen LogP contribution in [0.15, 0.2) is 41.6 Å². The highest BCUT2D eigenvalue weighted by Gasteiger charge is 2.04. The number of rotatable bonds is 2. The van der Waals surface area contributed by atoms with Gasteiger partial charge in [0, 0.05) is 10.9 Å². The van der Waals surface area contributed by atoms with Crippen molar-refractivity contribution in [2.45, 2.75) is 6.54 Å². The molecule has 70 valence electrons. The van der Waals surface area contributed by atoms with Crippen LogP contribution in [0.3, 0.4) is 0 Å². The van der Waals surface area contributed by atoms with Crippen LogP contribution in [0.5, 0.6) is 5.75 Å². The van der Waals surface area contributed by atoms with Crippen molar-refractivity contribution >= 4 is 10.8 Å². The highest BCUT2D eigenvalue weighted by atomic mass is 16.3. The predicted molar refractivity (Wildman–Crippen MR) is 55.1 cm³/mol. The molecule has 3 heteroatoms. The first-order valence-corrected chi connectivity index (χ1v) is 4.31. The summed E-state index contributed by atoms with van der Waals surface area (Å²) in [5.74, 6) is 0.155. The molecule has 0 saturated heterocycles. The van der Waals surface area contributed by atoms with E-state index in [1.807, 2.05) is 30.3 Å². The van der Waals surface area contributed by atoms with Gasteiger partial charge >= 0.3 is 0 Å². The lowest BCUT2D eigenvalue weighted by molar-refractivity contribution is 0.475. The summed E-state index contributed by atoms with van der Waals surface area (Å²) < 4.78 is 0. The Balaban J connectivity index is 2.68. The standard InChI is InChI=1S/C11H9NO2/c13-11-9(7-12-14)6-5-8-3-1-2-4-10(8)11/h1-6,13H,7H2. The van der Waals surface area contributed by atoms with Gasteiger partial charge in [-0.25, -0.2) is 0 Å². The molecule has 0 aliphatic heterocycles. The zero-order valence-electron chi connectivity index (χ0n) is 7.47. The Morgan fingerprint density at radius 1 is 1.14 bits per heavy atom. The molecule has 0 saturated carbocycles. The average molecular weight is 187 g/mol. The van der Waals surface area contributed by atoms with Crippen molar-refractivity contribution in [3.63, 3.8) is 0 Å². The van der Waals surface area contributed by atoms with E-state index in [1.165, 1.54) is 0 Å². The van der Waals surface area contributed by atoms with E-state index in [0.29, 0.717) is 5.56 Å². The van der Waals surface area contributed by atoms with Crippen molar-refractivity contribution in [2.24, 2.45) is 5.18 Å². The topological polar surface area (TPSA) is 49.7 Å². The predicted octanol–water partition coefficient (Wildman–Crippen LogP) is 2.81. The molecule has 1 N–H and O–H groups in total. The van der Waals surface area contributed by atoms with E-state index in [-0.39, 0.29) is 12.3 Å². The molecule has 0 aliphatic rings. The van der Waals surface area contributed by atoms with Gasteiger partial charge in [-0.1, -0.05) is 41.6 Å². The molecule has 0 amide bonds. The summed E-state index contributed by atoms with van der Waals surface area (Å²) in [5, 5.41) is 14.3. The Bertz CT molecular complexity index is 480. The molecule has 0 heterocycles. The summed E-state index contributed by atoms with van der Waals surface area (Å²) in [6, 6.07) is 11.1. The zero-order chi connectivity index (χ0) is 9.97. The fourth-order valence-corrected chi connectivity index (χ4v) is 1.50. The molecule has 0 fully saturated rings. The number of nitroso groups, excluding NO2 is 1. The van der Waals surface area contributed by atoms with Crippen molar-refractivity contribution in [1.29, 1.82) is 0 Å². The largest absolute Gasteiger partial charge is 0.507 e. The van der Waals surface area contributed by atoms with Gasteiger partial charge in [0.25, 0.3) is 0 Å². The van der Waals surface area contributed by atoms with Crippen LogP contribution in [0.4, 0.5) is 0 Å². The molecule has 0 atom stereocenters. The quantitative estimate of drug-likeness (QED) is 0.735. The van der Waals surface area contributed by atoms with E-state index in [2.05, 4.69) is 5.18 Å². The summed E-state index contributed by atoms with van der Waals surface area (Å²) >= 11 is 0. The maximum atomic E-state index is 10.1. The lowest BCUT2D eigenvalue weighted by Gasteiger charge is -2.04.